The van der Waals surface area contributed by atoms with Crippen molar-refractivity contribution in [3.05, 3.63) is 48.0 Å². The molecule has 0 atom stereocenters. The number of aliphatic imine (C=N–C) groups is 1. The van der Waals surface area contributed by atoms with Gasteiger partial charge in [0, 0.05) is 0 Å². The van der Waals surface area contributed by atoms with Gasteiger partial charge in [-0.3, -0.25) is 4.99 Å². The van der Waals surface area contributed by atoms with Crippen LogP contribution < -0.4 is 0 Å². The summed E-state index contributed by atoms with van der Waals surface area (Å²) in [5.41, 5.74) is 2.31. The van der Waals surface area contributed by atoms with Crippen LogP contribution in [0.15, 0.2) is 47.5 Å². The molecule has 0 radical (unpaired) electrons. The molecule has 54 valence electrons. The fraction of sp³-hybridized carbons (Fsp3) is 0.100. The summed E-state index contributed by atoms with van der Waals surface area (Å²) < 4.78 is 0. The summed E-state index contributed by atoms with van der Waals surface area (Å²) in [6.45, 7) is 0.838. The predicted molar refractivity (Wildman–Crippen MR) is 47.0 cm³/mol. The number of nitrogens with zero attached hydrogens (tertiary/aromatic N) is 1. The van der Waals surface area contributed by atoms with Crippen molar-refractivity contribution in [3.8, 4) is 0 Å². The molecular formula is C10H9N. The Kier molecular flexibility index (Phi) is 1.56. The molecule has 0 spiro atoms. The van der Waals surface area contributed by atoms with Crippen molar-refractivity contribution in [2.75, 3.05) is 6.54 Å². The van der Waals surface area contributed by atoms with Gasteiger partial charge in [-0.25, -0.2) is 0 Å². The van der Waals surface area contributed by atoms with E-state index < -0.39 is 0 Å². The van der Waals surface area contributed by atoms with Crippen LogP contribution in [0.2, 0.25) is 0 Å². The second kappa shape index (κ2) is 2.70. The third-order valence-electron chi connectivity index (χ3n) is 1.71. The molecule has 0 unspecified atom stereocenters. The molecule has 2 rings (SSSR count). The van der Waals surface area contributed by atoms with Crippen molar-refractivity contribution in [1.29, 1.82) is 0 Å². The summed E-state index contributed by atoms with van der Waals surface area (Å²) in [5, 5.41) is 0. The van der Waals surface area contributed by atoms with Crippen LogP contribution in [0.1, 0.15) is 5.56 Å². The van der Waals surface area contributed by atoms with Gasteiger partial charge < -0.3 is 0 Å². The Labute approximate surface area is 66.1 Å². The predicted octanol–water partition coefficient (Wildman–Crippen LogP) is 2.05. The largest absolute Gasteiger partial charge is 0.281 e. The fourth-order valence-corrected chi connectivity index (χ4v) is 1.16. The van der Waals surface area contributed by atoms with E-state index in [1.165, 1.54) is 5.56 Å². The average molecular weight is 143 g/mol. The molecule has 1 aliphatic heterocycles. The van der Waals surface area contributed by atoms with Crippen molar-refractivity contribution >= 4 is 5.71 Å². The average Bonchev–Trinajstić information content (AvgIpc) is 2.58. The fourth-order valence-electron chi connectivity index (χ4n) is 1.16. The SMILES string of the molecule is C1=CC(c2ccccc2)=NC1. The molecule has 0 saturated heterocycles. The molecule has 1 aromatic rings. The van der Waals surface area contributed by atoms with E-state index >= 15 is 0 Å². The first-order valence-electron chi connectivity index (χ1n) is 3.73. The third kappa shape index (κ3) is 1.22. The maximum Gasteiger partial charge on any atom is 0.0647 e. The Morgan fingerprint density at radius 1 is 1.09 bits per heavy atom. The van der Waals surface area contributed by atoms with Gasteiger partial charge in [0.15, 0.2) is 0 Å². The Morgan fingerprint density at radius 3 is 2.55 bits per heavy atom. The number of allylic oxidation sites excluding steroid dienone is 1. The molecule has 11 heavy (non-hydrogen) atoms. The molecular weight excluding hydrogens is 134 g/mol. The summed E-state index contributed by atoms with van der Waals surface area (Å²) in [6, 6.07) is 10.2. The Bertz CT molecular complexity index is 296. The van der Waals surface area contributed by atoms with Gasteiger partial charge in [0.05, 0.1) is 12.3 Å². The first-order valence-corrected chi connectivity index (χ1v) is 3.73. The lowest BCUT2D eigenvalue weighted by atomic mass is 10.1. The second-order valence-corrected chi connectivity index (χ2v) is 2.49. The molecule has 1 nitrogen and oxygen atoms in total. The van der Waals surface area contributed by atoms with E-state index in [9.17, 15) is 0 Å². The highest BCUT2D eigenvalue weighted by Crippen LogP contribution is 2.05. The number of hydrogen-bond donors (Lipinski definition) is 0. The summed E-state index contributed by atoms with van der Waals surface area (Å²) in [5.74, 6) is 0. The maximum absolute atomic E-state index is 4.31. The lowest BCUT2D eigenvalue weighted by molar-refractivity contribution is 1.28. The first-order chi connectivity index (χ1) is 5.47. The molecule has 1 heterocycles. The van der Waals surface area contributed by atoms with Crippen molar-refractivity contribution in [3.63, 3.8) is 0 Å². The molecule has 0 aromatic heterocycles. The summed E-state index contributed by atoms with van der Waals surface area (Å²) in [6.07, 6.45) is 4.14. The zero-order valence-electron chi connectivity index (χ0n) is 6.20. The van der Waals surface area contributed by atoms with Crippen molar-refractivity contribution < 1.29 is 0 Å². The maximum atomic E-state index is 4.31. The summed E-state index contributed by atoms with van der Waals surface area (Å²) >= 11 is 0. The topological polar surface area (TPSA) is 12.4 Å². The van der Waals surface area contributed by atoms with Gasteiger partial charge >= 0.3 is 0 Å². The highest BCUT2D eigenvalue weighted by atomic mass is 14.7. The minimum atomic E-state index is 0.838. The van der Waals surface area contributed by atoms with E-state index in [4.69, 9.17) is 0 Å². The molecule has 0 bridgehead atoms. The van der Waals surface area contributed by atoms with E-state index in [2.05, 4.69) is 29.3 Å². The molecule has 0 saturated carbocycles. The Hall–Kier alpha value is -1.37. The molecule has 0 aliphatic carbocycles. The van der Waals surface area contributed by atoms with Gasteiger partial charge in [-0.1, -0.05) is 36.4 Å². The standard InChI is InChI=1S/C10H9N/c1-2-5-9(6-3-1)10-7-4-8-11-10/h1-7H,8H2. The van der Waals surface area contributed by atoms with Crippen molar-refractivity contribution in [2.24, 2.45) is 4.99 Å². The normalized spacial score (nSPS) is 15.1. The zero-order valence-corrected chi connectivity index (χ0v) is 6.20. The lowest BCUT2D eigenvalue weighted by Gasteiger charge is -1.95. The van der Waals surface area contributed by atoms with Crippen molar-refractivity contribution in [2.45, 2.75) is 0 Å². The third-order valence-corrected chi connectivity index (χ3v) is 1.71. The molecule has 0 fully saturated rings. The van der Waals surface area contributed by atoms with Crippen LogP contribution in [0.25, 0.3) is 0 Å². The van der Waals surface area contributed by atoms with Crippen molar-refractivity contribution in [1.82, 2.24) is 0 Å². The zero-order chi connectivity index (χ0) is 7.52. The van der Waals surface area contributed by atoms with Crippen LogP contribution in [0.3, 0.4) is 0 Å². The minimum absolute atomic E-state index is 0.838. The van der Waals surface area contributed by atoms with E-state index in [0.29, 0.717) is 0 Å². The van der Waals surface area contributed by atoms with E-state index in [1.807, 2.05) is 18.2 Å². The number of benzene rings is 1. The minimum Gasteiger partial charge on any atom is -0.281 e. The van der Waals surface area contributed by atoms with Gasteiger partial charge in [-0.15, -0.1) is 0 Å². The lowest BCUT2D eigenvalue weighted by Crippen LogP contribution is -1.91. The van der Waals surface area contributed by atoms with Crippen LogP contribution >= 0.6 is 0 Å². The summed E-state index contributed by atoms with van der Waals surface area (Å²) in [4.78, 5) is 4.31. The van der Waals surface area contributed by atoms with Crippen LogP contribution in [0.5, 0.6) is 0 Å². The van der Waals surface area contributed by atoms with Gasteiger partial charge in [0.1, 0.15) is 0 Å². The quantitative estimate of drug-likeness (QED) is 0.570. The van der Waals surface area contributed by atoms with Gasteiger partial charge in [0.25, 0.3) is 0 Å². The second-order valence-electron chi connectivity index (χ2n) is 2.49. The molecule has 0 N–H and O–H groups in total. The highest BCUT2D eigenvalue weighted by molar-refractivity contribution is 6.09. The number of hydrogen-bond acceptors (Lipinski definition) is 1. The van der Waals surface area contributed by atoms with E-state index in [1.54, 1.807) is 0 Å². The Morgan fingerprint density at radius 2 is 1.91 bits per heavy atom. The monoisotopic (exact) mass is 143 g/mol. The number of rotatable bonds is 1. The van der Waals surface area contributed by atoms with Crippen LogP contribution in [0.4, 0.5) is 0 Å². The van der Waals surface area contributed by atoms with E-state index in [0.717, 1.165) is 12.3 Å². The first kappa shape index (κ1) is 6.35. The molecule has 1 heteroatoms. The molecule has 1 aromatic carbocycles. The van der Waals surface area contributed by atoms with Crippen LogP contribution in [-0.4, -0.2) is 12.3 Å². The Balaban J connectivity index is 2.37. The molecule has 0 amide bonds. The van der Waals surface area contributed by atoms with Crippen LogP contribution in [-0.2, 0) is 0 Å². The smallest absolute Gasteiger partial charge is 0.0647 e. The molecule has 1 aliphatic rings. The van der Waals surface area contributed by atoms with Gasteiger partial charge in [-0.05, 0) is 11.6 Å². The summed E-state index contributed by atoms with van der Waals surface area (Å²) in [7, 11) is 0. The van der Waals surface area contributed by atoms with Gasteiger partial charge in [0.2, 0.25) is 0 Å². The van der Waals surface area contributed by atoms with Gasteiger partial charge in [-0.2, -0.15) is 0 Å². The van der Waals surface area contributed by atoms with Crippen LogP contribution in [0, 0.1) is 0 Å². The highest BCUT2D eigenvalue weighted by Gasteiger charge is 2.00. The van der Waals surface area contributed by atoms with E-state index in [-0.39, 0.29) is 0 Å².